The first kappa shape index (κ1) is 30.0. The number of non-ortho nitro benzene ring substituents is 1. The number of benzene rings is 2. The average molecular weight is 599 g/mol. The molecule has 12 nitrogen and oxygen atoms in total. The van der Waals surface area contributed by atoms with Crippen molar-refractivity contribution in [1.82, 2.24) is 15.1 Å². The molecule has 2 aromatic heterocycles. The molecule has 0 unspecified atom stereocenters. The standard InChI is InChI=1S/C27H24F2N6O6S/c1-34(2)13-17-23(25(36)30-21-11-12-22(40-3)33-32-21)26(42-24(17)15-7-9-16(10-8-15)35(38)39)31-27(37)41-14-18-19(28)5-4-6-20(18)29/h4-12H,13-14H2,1-3H3,(H,31,37)(H,30,32,36). The van der Waals surface area contributed by atoms with E-state index < -0.39 is 40.7 Å². The van der Waals surface area contributed by atoms with Crippen LogP contribution in [0.2, 0.25) is 0 Å². The summed E-state index contributed by atoms with van der Waals surface area (Å²) in [4.78, 5) is 39.4. The molecule has 15 heteroatoms. The molecular weight excluding hydrogens is 574 g/mol. The van der Waals surface area contributed by atoms with Crippen LogP contribution < -0.4 is 15.4 Å². The second kappa shape index (κ2) is 13.1. The Labute approximate surface area is 242 Å². The van der Waals surface area contributed by atoms with E-state index in [4.69, 9.17) is 9.47 Å². The molecule has 2 amide bonds. The number of nitro groups is 1. The number of rotatable bonds is 10. The lowest BCUT2D eigenvalue weighted by Gasteiger charge is -2.14. The summed E-state index contributed by atoms with van der Waals surface area (Å²) in [5, 5.41) is 24.1. The fourth-order valence-electron chi connectivity index (χ4n) is 3.84. The zero-order valence-electron chi connectivity index (χ0n) is 22.5. The molecule has 0 aliphatic rings. The Bertz CT molecular complexity index is 1590. The largest absolute Gasteiger partial charge is 0.480 e. The van der Waals surface area contributed by atoms with Gasteiger partial charge >= 0.3 is 6.09 Å². The monoisotopic (exact) mass is 598 g/mol. The topological polar surface area (TPSA) is 149 Å². The number of amides is 2. The highest BCUT2D eigenvalue weighted by Crippen LogP contribution is 2.42. The summed E-state index contributed by atoms with van der Waals surface area (Å²) in [5.41, 5.74) is 0.551. The Hall–Kier alpha value is -5.02. The maximum absolute atomic E-state index is 14.0. The van der Waals surface area contributed by atoms with Crippen LogP contribution in [0.25, 0.3) is 10.4 Å². The van der Waals surface area contributed by atoms with Gasteiger partial charge in [-0.3, -0.25) is 20.2 Å². The van der Waals surface area contributed by atoms with Crippen LogP contribution >= 0.6 is 11.3 Å². The molecule has 0 aliphatic carbocycles. The van der Waals surface area contributed by atoms with Gasteiger partial charge in [0.2, 0.25) is 5.88 Å². The fourth-order valence-corrected chi connectivity index (χ4v) is 5.04. The van der Waals surface area contributed by atoms with Gasteiger partial charge < -0.3 is 19.7 Å². The molecule has 42 heavy (non-hydrogen) atoms. The van der Waals surface area contributed by atoms with Crippen LogP contribution in [-0.4, -0.2) is 53.2 Å². The number of thiophene rings is 1. The van der Waals surface area contributed by atoms with Gasteiger partial charge in [0, 0.05) is 29.6 Å². The number of halogens is 2. The van der Waals surface area contributed by atoms with Crippen LogP contribution in [0.4, 0.5) is 30.1 Å². The van der Waals surface area contributed by atoms with Crippen molar-refractivity contribution in [3.63, 3.8) is 0 Å². The third kappa shape index (κ3) is 7.00. The summed E-state index contributed by atoms with van der Waals surface area (Å²) >= 11 is 1.02. The van der Waals surface area contributed by atoms with Gasteiger partial charge in [0.15, 0.2) is 5.82 Å². The molecule has 0 radical (unpaired) electrons. The number of nitrogens with zero attached hydrogens (tertiary/aromatic N) is 4. The molecular formula is C27H24F2N6O6S. The second-order valence-electron chi connectivity index (χ2n) is 8.97. The van der Waals surface area contributed by atoms with Gasteiger partial charge in [-0.25, -0.2) is 13.6 Å². The number of carbonyl (C=O) groups is 2. The molecule has 0 fully saturated rings. The molecule has 0 bridgehead atoms. The van der Waals surface area contributed by atoms with Crippen LogP contribution in [0, 0.1) is 21.7 Å². The van der Waals surface area contributed by atoms with Crippen molar-refractivity contribution in [3.8, 4) is 16.3 Å². The number of anilines is 2. The second-order valence-corrected chi connectivity index (χ2v) is 9.99. The lowest BCUT2D eigenvalue weighted by molar-refractivity contribution is -0.384. The molecule has 0 saturated carbocycles. The minimum absolute atomic E-state index is 0.0636. The first-order valence-electron chi connectivity index (χ1n) is 12.2. The van der Waals surface area contributed by atoms with Gasteiger partial charge in [0.1, 0.15) is 23.2 Å². The van der Waals surface area contributed by atoms with E-state index in [2.05, 4.69) is 20.8 Å². The third-order valence-corrected chi connectivity index (χ3v) is 6.96. The summed E-state index contributed by atoms with van der Waals surface area (Å²) in [5.74, 6) is -2.08. The highest BCUT2D eigenvalue weighted by atomic mass is 32.1. The van der Waals surface area contributed by atoms with Crippen LogP contribution in [0.5, 0.6) is 5.88 Å². The smallest absolute Gasteiger partial charge is 0.412 e. The van der Waals surface area contributed by atoms with E-state index in [0.29, 0.717) is 16.0 Å². The first-order chi connectivity index (χ1) is 20.1. The number of methoxy groups -OCH3 is 1. The number of nitrogens with one attached hydrogen (secondary N) is 2. The molecule has 2 N–H and O–H groups in total. The highest BCUT2D eigenvalue weighted by Gasteiger charge is 2.27. The van der Waals surface area contributed by atoms with Gasteiger partial charge in [0.05, 0.1) is 23.2 Å². The van der Waals surface area contributed by atoms with E-state index in [9.17, 15) is 28.5 Å². The quantitative estimate of drug-likeness (QED) is 0.179. The van der Waals surface area contributed by atoms with Crippen molar-refractivity contribution in [2.45, 2.75) is 13.2 Å². The summed E-state index contributed by atoms with van der Waals surface area (Å²) < 4.78 is 38.1. The van der Waals surface area contributed by atoms with Crippen molar-refractivity contribution in [2.24, 2.45) is 0 Å². The molecule has 4 aromatic rings. The van der Waals surface area contributed by atoms with Crippen molar-refractivity contribution >= 4 is 39.8 Å². The maximum atomic E-state index is 14.0. The molecule has 4 rings (SSSR count). The molecule has 0 aliphatic heterocycles. The van der Waals surface area contributed by atoms with Crippen LogP contribution in [0.15, 0.2) is 54.6 Å². The van der Waals surface area contributed by atoms with E-state index in [0.717, 1.165) is 23.5 Å². The van der Waals surface area contributed by atoms with Crippen molar-refractivity contribution in [2.75, 3.05) is 31.8 Å². The summed E-state index contributed by atoms with van der Waals surface area (Å²) in [7, 11) is 4.97. The lowest BCUT2D eigenvalue weighted by atomic mass is 10.0. The predicted octanol–water partition coefficient (Wildman–Crippen LogP) is 5.46. The Morgan fingerprint density at radius 3 is 2.26 bits per heavy atom. The number of carbonyl (C=O) groups excluding carboxylic acids is 2. The van der Waals surface area contributed by atoms with Gasteiger partial charge in [-0.2, -0.15) is 0 Å². The normalized spacial score (nSPS) is 10.8. The molecule has 0 saturated heterocycles. The number of nitro benzene ring substituents is 1. The Balaban J connectivity index is 1.72. The minimum Gasteiger partial charge on any atom is -0.480 e. The summed E-state index contributed by atoms with van der Waals surface area (Å²) in [6.45, 7) is -0.463. The van der Waals surface area contributed by atoms with E-state index in [-0.39, 0.29) is 34.5 Å². The van der Waals surface area contributed by atoms with E-state index in [1.54, 1.807) is 19.0 Å². The molecule has 2 aromatic carbocycles. The highest BCUT2D eigenvalue weighted by molar-refractivity contribution is 7.20. The van der Waals surface area contributed by atoms with E-state index >= 15 is 0 Å². The van der Waals surface area contributed by atoms with E-state index in [1.165, 1.54) is 49.6 Å². The molecule has 0 spiro atoms. The van der Waals surface area contributed by atoms with Crippen molar-refractivity contribution in [1.29, 1.82) is 0 Å². The number of aromatic nitrogens is 2. The first-order valence-corrected chi connectivity index (χ1v) is 13.0. The van der Waals surface area contributed by atoms with Gasteiger partial charge in [-0.15, -0.1) is 21.5 Å². The average Bonchev–Trinajstić information content (AvgIpc) is 3.29. The van der Waals surface area contributed by atoms with Crippen LogP contribution in [0.3, 0.4) is 0 Å². The third-order valence-electron chi connectivity index (χ3n) is 5.76. The zero-order valence-corrected chi connectivity index (χ0v) is 23.3. The van der Waals surface area contributed by atoms with Gasteiger partial charge in [-0.05, 0) is 55.6 Å². The number of ether oxygens (including phenoxy) is 2. The molecule has 218 valence electrons. The van der Waals surface area contributed by atoms with Crippen molar-refractivity contribution in [3.05, 3.63) is 93.0 Å². The molecule has 0 atom stereocenters. The summed E-state index contributed by atoms with van der Waals surface area (Å²) in [6.07, 6.45) is -1.07. The maximum Gasteiger partial charge on any atom is 0.412 e. The van der Waals surface area contributed by atoms with Crippen molar-refractivity contribution < 1.29 is 32.8 Å². The Morgan fingerprint density at radius 1 is 1.00 bits per heavy atom. The SMILES string of the molecule is COc1ccc(NC(=O)c2c(NC(=O)OCc3c(F)cccc3F)sc(-c3ccc([N+](=O)[O-])cc3)c2CN(C)C)nn1. The number of hydrogen-bond acceptors (Lipinski definition) is 10. The Kier molecular flexibility index (Phi) is 9.34. The van der Waals surface area contributed by atoms with Gasteiger partial charge in [-0.1, -0.05) is 6.07 Å². The fraction of sp³-hybridized carbons (Fsp3) is 0.185. The summed E-state index contributed by atoms with van der Waals surface area (Å²) in [6, 6.07) is 11.9. The molecule has 2 heterocycles. The van der Waals surface area contributed by atoms with Crippen LogP contribution in [0.1, 0.15) is 21.5 Å². The lowest BCUT2D eigenvalue weighted by Crippen LogP contribution is -2.21. The van der Waals surface area contributed by atoms with Crippen LogP contribution in [-0.2, 0) is 17.9 Å². The van der Waals surface area contributed by atoms with Gasteiger partial charge in [0.25, 0.3) is 11.6 Å². The zero-order chi connectivity index (χ0) is 30.4. The number of hydrogen-bond donors (Lipinski definition) is 2. The van der Waals surface area contributed by atoms with E-state index in [1.807, 2.05) is 0 Å². The minimum atomic E-state index is -1.07. The predicted molar refractivity (Wildman–Crippen MR) is 151 cm³/mol. The Morgan fingerprint density at radius 2 is 1.69 bits per heavy atom.